The first kappa shape index (κ1) is 74.7. The van der Waals surface area contributed by atoms with E-state index in [4.69, 9.17) is 18.9 Å². The summed E-state index contributed by atoms with van der Waals surface area (Å²) in [7, 11) is 5.92. The second-order valence-electron chi connectivity index (χ2n) is 23.0. The number of carbonyl (C=O) groups excluding carboxylic acids is 3. The monoisotopic (exact) mass is 1090 g/mol. The third-order valence-electron chi connectivity index (χ3n) is 14.2. The first-order chi connectivity index (χ1) is 38.1. The molecular weight excluding hydrogens is 971 g/mol. The standard InChI is InChI=1S/C69H123NO8/c1-6-8-10-12-14-16-18-20-22-23-24-25-26-27-28-29-30-31-32-33-34-35-36-37-38-39-40-41-42-43-44-45-46-48-50-52-54-56-58-60-67(72)78-65(64-77-69(68(73)74)75-62-61-70(3,4)5)63-76-66(71)59-57-55-53-51-49-47-21-19-17-15-13-11-9-7-2/h8,10,13-16,19-22,24-25,65,69H,6-7,9,11-12,17-18,23,26-64H2,1-5H3/b10-8-,15-13-,16-14-,21-19-,22-20-,25-24-. The van der Waals surface area contributed by atoms with Crippen LogP contribution in [0.3, 0.4) is 0 Å². The molecule has 0 rings (SSSR count). The lowest BCUT2D eigenvalue weighted by atomic mass is 10.0. The van der Waals surface area contributed by atoms with Crippen LogP contribution in [0.5, 0.6) is 0 Å². The van der Waals surface area contributed by atoms with Crippen LogP contribution in [-0.2, 0) is 33.3 Å². The summed E-state index contributed by atoms with van der Waals surface area (Å²) in [4.78, 5) is 37.3. The van der Waals surface area contributed by atoms with Crippen molar-refractivity contribution in [1.29, 1.82) is 0 Å². The second kappa shape index (κ2) is 59.8. The molecule has 0 saturated carbocycles. The van der Waals surface area contributed by atoms with Crippen molar-refractivity contribution >= 4 is 17.9 Å². The van der Waals surface area contributed by atoms with E-state index >= 15 is 0 Å². The second-order valence-corrected chi connectivity index (χ2v) is 23.0. The lowest BCUT2D eigenvalue weighted by molar-refractivity contribution is -0.870. The van der Waals surface area contributed by atoms with Crippen LogP contribution >= 0.6 is 0 Å². The van der Waals surface area contributed by atoms with Crippen molar-refractivity contribution in [2.24, 2.45) is 0 Å². The van der Waals surface area contributed by atoms with Gasteiger partial charge in [-0.25, -0.2) is 0 Å². The summed E-state index contributed by atoms with van der Waals surface area (Å²) in [5.74, 6) is -2.29. The topological polar surface area (TPSA) is 111 Å². The molecule has 9 nitrogen and oxygen atoms in total. The van der Waals surface area contributed by atoms with Gasteiger partial charge in [0.15, 0.2) is 12.4 Å². The molecule has 0 radical (unpaired) electrons. The van der Waals surface area contributed by atoms with Gasteiger partial charge in [0.2, 0.25) is 0 Å². The number of aliphatic carboxylic acids is 1. The number of hydrogen-bond donors (Lipinski definition) is 0. The average molecular weight is 1090 g/mol. The van der Waals surface area contributed by atoms with E-state index in [0.29, 0.717) is 17.4 Å². The zero-order valence-corrected chi connectivity index (χ0v) is 51.5. The Morgan fingerprint density at radius 1 is 0.397 bits per heavy atom. The van der Waals surface area contributed by atoms with E-state index in [0.717, 1.165) is 89.9 Å². The fraction of sp³-hybridized carbons (Fsp3) is 0.783. The van der Waals surface area contributed by atoms with Crippen LogP contribution < -0.4 is 5.11 Å². The van der Waals surface area contributed by atoms with Gasteiger partial charge in [-0.15, -0.1) is 0 Å². The molecule has 0 spiro atoms. The molecule has 0 aromatic heterocycles. The number of quaternary nitrogens is 1. The van der Waals surface area contributed by atoms with Crippen LogP contribution in [0, 0.1) is 0 Å². The Hall–Kier alpha value is -3.27. The van der Waals surface area contributed by atoms with E-state index in [1.165, 1.54) is 167 Å². The van der Waals surface area contributed by atoms with Crippen LogP contribution in [0.2, 0.25) is 0 Å². The van der Waals surface area contributed by atoms with Crippen molar-refractivity contribution in [3.63, 3.8) is 0 Å². The van der Waals surface area contributed by atoms with Gasteiger partial charge < -0.3 is 33.3 Å². The van der Waals surface area contributed by atoms with Crippen LogP contribution in [-0.4, -0.2) is 82.3 Å². The van der Waals surface area contributed by atoms with Gasteiger partial charge in [-0.3, -0.25) is 9.59 Å². The Bertz CT molecular complexity index is 1510. The predicted molar refractivity (Wildman–Crippen MR) is 329 cm³/mol. The molecule has 0 aliphatic carbocycles. The first-order valence-corrected chi connectivity index (χ1v) is 32.6. The number of carboxylic acids is 1. The average Bonchev–Trinajstić information content (AvgIpc) is 3.41. The van der Waals surface area contributed by atoms with E-state index in [-0.39, 0.29) is 38.6 Å². The SMILES string of the molecule is CC/C=C\C/C=C\C/C=C\C/C=C\CCCCCCCCCCCCCCCCCCCCCCCCCCCCC(=O)OC(COC(=O)CCCCCCC/C=C\C/C=C\CCCC)COC(OCC[N+](C)(C)C)C(=O)[O-]. The summed E-state index contributed by atoms with van der Waals surface area (Å²) in [5, 5.41) is 11.8. The summed E-state index contributed by atoms with van der Waals surface area (Å²) < 4.78 is 22.7. The highest BCUT2D eigenvalue weighted by Crippen LogP contribution is 2.18. The van der Waals surface area contributed by atoms with Gasteiger partial charge in [0.05, 0.1) is 40.3 Å². The maximum atomic E-state index is 12.9. The lowest BCUT2D eigenvalue weighted by Gasteiger charge is -2.26. The van der Waals surface area contributed by atoms with Crippen molar-refractivity contribution in [2.75, 3.05) is 47.5 Å². The minimum atomic E-state index is -1.62. The third kappa shape index (κ3) is 60.4. The lowest BCUT2D eigenvalue weighted by Crippen LogP contribution is -2.44. The molecule has 0 bridgehead atoms. The molecule has 0 fully saturated rings. The van der Waals surface area contributed by atoms with Crippen molar-refractivity contribution in [3.05, 3.63) is 72.9 Å². The number of carboxylic acid groups (broad SMARTS) is 1. The van der Waals surface area contributed by atoms with Gasteiger partial charge in [0, 0.05) is 12.8 Å². The predicted octanol–water partition coefficient (Wildman–Crippen LogP) is 18.4. The number of rotatable bonds is 60. The number of ether oxygens (including phenoxy) is 4. The molecule has 78 heavy (non-hydrogen) atoms. The van der Waals surface area contributed by atoms with Gasteiger partial charge in [-0.05, 0) is 77.0 Å². The van der Waals surface area contributed by atoms with Crippen LogP contribution in [0.4, 0.5) is 0 Å². The minimum absolute atomic E-state index is 0.145. The molecule has 0 aliphatic rings. The van der Waals surface area contributed by atoms with Crippen molar-refractivity contribution in [2.45, 2.75) is 302 Å². The Balaban J connectivity index is 3.95. The van der Waals surface area contributed by atoms with Crippen molar-refractivity contribution < 1.29 is 42.9 Å². The molecule has 2 unspecified atom stereocenters. The van der Waals surface area contributed by atoms with E-state index < -0.39 is 24.3 Å². The van der Waals surface area contributed by atoms with Gasteiger partial charge in [0.25, 0.3) is 0 Å². The number of likely N-dealkylation sites (N-methyl/N-ethyl adjacent to an activating group) is 1. The zero-order chi connectivity index (χ0) is 56.9. The first-order valence-electron chi connectivity index (χ1n) is 32.6. The van der Waals surface area contributed by atoms with E-state index in [1.807, 2.05) is 21.1 Å². The van der Waals surface area contributed by atoms with E-state index in [9.17, 15) is 19.5 Å². The number of allylic oxidation sites excluding steroid dienone is 12. The molecule has 0 aromatic rings. The quantitative estimate of drug-likeness (QED) is 0.0195. The number of nitrogens with zero attached hydrogens (tertiary/aromatic N) is 1. The molecule has 0 aliphatic heterocycles. The molecule has 0 aromatic carbocycles. The molecule has 0 saturated heterocycles. The number of carbonyl (C=O) groups is 3. The highest BCUT2D eigenvalue weighted by molar-refractivity contribution is 5.70. The van der Waals surface area contributed by atoms with Crippen molar-refractivity contribution in [1.82, 2.24) is 0 Å². The van der Waals surface area contributed by atoms with Gasteiger partial charge in [-0.2, -0.15) is 0 Å². The number of hydrogen-bond acceptors (Lipinski definition) is 8. The molecule has 452 valence electrons. The van der Waals surface area contributed by atoms with E-state index in [1.54, 1.807) is 0 Å². The van der Waals surface area contributed by atoms with Gasteiger partial charge in [0.1, 0.15) is 13.2 Å². The smallest absolute Gasteiger partial charge is 0.306 e. The number of esters is 2. The van der Waals surface area contributed by atoms with Crippen molar-refractivity contribution in [3.8, 4) is 0 Å². The van der Waals surface area contributed by atoms with Crippen LogP contribution in [0.1, 0.15) is 290 Å². The summed E-state index contributed by atoms with van der Waals surface area (Å²) in [6.07, 6.45) is 75.7. The highest BCUT2D eigenvalue weighted by atomic mass is 16.7. The van der Waals surface area contributed by atoms with Gasteiger partial charge in [-0.1, -0.05) is 273 Å². The third-order valence-corrected chi connectivity index (χ3v) is 14.2. The molecule has 2 atom stereocenters. The Labute approximate surface area is 481 Å². The fourth-order valence-corrected chi connectivity index (χ4v) is 9.19. The zero-order valence-electron chi connectivity index (χ0n) is 51.5. The van der Waals surface area contributed by atoms with Crippen LogP contribution in [0.15, 0.2) is 72.9 Å². The number of unbranched alkanes of at least 4 members (excludes halogenated alkanes) is 33. The van der Waals surface area contributed by atoms with Crippen LogP contribution in [0.25, 0.3) is 0 Å². The molecule has 0 heterocycles. The fourth-order valence-electron chi connectivity index (χ4n) is 9.19. The highest BCUT2D eigenvalue weighted by Gasteiger charge is 2.22. The Morgan fingerprint density at radius 2 is 0.731 bits per heavy atom. The molecule has 9 heteroatoms. The maximum absolute atomic E-state index is 12.9. The van der Waals surface area contributed by atoms with E-state index in [2.05, 4.69) is 86.8 Å². The maximum Gasteiger partial charge on any atom is 0.306 e. The Kier molecular flexibility index (Phi) is 57.3. The summed E-state index contributed by atoms with van der Waals surface area (Å²) in [6.45, 7) is 4.60. The molecule has 0 amide bonds. The summed E-state index contributed by atoms with van der Waals surface area (Å²) in [6, 6.07) is 0. The Morgan fingerprint density at radius 3 is 1.09 bits per heavy atom. The molecule has 0 N–H and O–H groups in total. The normalized spacial score (nSPS) is 13.2. The minimum Gasteiger partial charge on any atom is -0.545 e. The molecular formula is C69H123NO8. The summed E-state index contributed by atoms with van der Waals surface area (Å²) in [5.41, 5.74) is 0. The summed E-state index contributed by atoms with van der Waals surface area (Å²) >= 11 is 0. The van der Waals surface area contributed by atoms with Gasteiger partial charge >= 0.3 is 11.9 Å². The largest absolute Gasteiger partial charge is 0.545 e.